The molecule has 0 saturated carbocycles. The van der Waals surface area contributed by atoms with Crippen LogP contribution in [0.3, 0.4) is 0 Å². The Morgan fingerprint density at radius 1 is 0.157 bits per heavy atom. The van der Waals surface area contributed by atoms with E-state index in [9.17, 15) is 0 Å². The van der Waals surface area contributed by atoms with Crippen molar-refractivity contribution in [3.05, 3.63) is 352 Å². The smallest absolute Gasteiger partial charge is 0.164 e. The van der Waals surface area contributed by atoms with Gasteiger partial charge in [-0.2, -0.15) is 0 Å². The Morgan fingerprint density at radius 3 is 0.824 bits per heavy atom. The quantitative estimate of drug-likeness (QED) is 0.135. The van der Waals surface area contributed by atoms with Gasteiger partial charge in [0.05, 0.1) is 33.1 Å². The summed E-state index contributed by atoms with van der Waals surface area (Å²) in [6.07, 6.45) is 0. The standard InChI is InChI=1S/C99H58N6O3/c1-7-25-85-73(19-1)82-53-62(65-37-45-79-76-22-4-10-28-91(76)106-94(79)56-65)40-48-88(82)103(85)70-43-35-60(36-44-70)59-31-33-61(34-32-59)97-100-98(68-15-13-17-71(51-68)104-86-26-8-2-20-74(86)83-54-63(41-49-89(83)104)66-38-46-80-77-23-5-11-29-92(77)107-95(80)57-66)102-99(101-97)69-16-14-18-72(52-69)105-87-27-9-3-21-75(87)84-55-64(42-50-90(84)105)67-39-47-81-78-24-6-12-30-93(78)108-96(81)58-67/h1-58H. The monoisotopic (exact) mass is 1380 g/mol. The third-order valence-corrected chi connectivity index (χ3v) is 22.1. The van der Waals surface area contributed by atoms with Gasteiger partial charge in [0.25, 0.3) is 0 Å². The van der Waals surface area contributed by atoms with Crippen molar-refractivity contribution < 1.29 is 13.3 Å². The van der Waals surface area contributed by atoms with Crippen molar-refractivity contribution in [2.75, 3.05) is 0 Å². The molecule has 0 aliphatic carbocycles. The Kier molecular flexibility index (Phi) is 13.0. The van der Waals surface area contributed by atoms with E-state index in [-0.39, 0.29) is 0 Å². The van der Waals surface area contributed by atoms with Gasteiger partial charge in [-0.25, -0.2) is 15.0 Å². The van der Waals surface area contributed by atoms with E-state index >= 15 is 0 Å². The first-order valence-electron chi connectivity index (χ1n) is 36.5. The number of furan rings is 3. The minimum Gasteiger partial charge on any atom is -0.456 e. The molecule has 0 fully saturated rings. The highest BCUT2D eigenvalue weighted by molar-refractivity contribution is 6.15. The molecule has 7 heterocycles. The first-order chi connectivity index (χ1) is 53.5. The molecule has 0 N–H and O–H groups in total. The van der Waals surface area contributed by atoms with Crippen LogP contribution in [0.1, 0.15) is 0 Å². The summed E-state index contributed by atoms with van der Waals surface area (Å²) in [4.78, 5) is 16.3. The van der Waals surface area contributed by atoms with Crippen LogP contribution in [0.25, 0.3) is 227 Å². The van der Waals surface area contributed by atoms with Crippen LogP contribution < -0.4 is 0 Å². The molecule has 0 aliphatic rings. The predicted molar refractivity (Wildman–Crippen MR) is 443 cm³/mol. The van der Waals surface area contributed by atoms with E-state index in [1.807, 2.05) is 36.4 Å². The predicted octanol–water partition coefficient (Wildman–Crippen LogP) is 26.5. The first-order valence-corrected chi connectivity index (χ1v) is 36.5. The highest BCUT2D eigenvalue weighted by Gasteiger charge is 2.22. The summed E-state index contributed by atoms with van der Waals surface area (Å²) in [7, 11) is 0. The second kappa shape index (κ2) is 23.4. The third kappa shape index (κ3) is 9.42. The summed E-state index contributed by atoms with van der Waals surface area (Å²) < 4.78 is 26.2. The summed E-state index contributed by atoms with van der Waals surface area (Å²) >= 11 is 0. The van der Waals surface area contributed by atoms with Gasteiger partial charge in [0.1, 0.15) is 33.5 Å². The lowest BCUT2D eigenvalue weighted by Crippen LogP contribution is -2.02. The van der Waals surface area contributed by atoms with Crippen molar-refractivity contribution in [2.24, 2.45) is 0 Å². The minimum absolute atomic E-state index is 0.557. The normalized spacial score (nSPS) is 12.1. The van der Waals surface area contributed by atoms with Gasteiger partial charge in [-0.1, -0.05) is 206 Å². The van der Waals surface area contributed by atoms with Crippen LogP contribution in [0, 0.1) is 0 Å². The van der Waals surface area contributed by atoms with Crippen molar-refractivity contribution in [2.45, 2.75) is 0 Å². The van der Waals surface area contributed by atoms with E-state index in [0.29, 0.717) is 17.5 Å². The molecule has 0 saturated heterocycles. The van der Waals surface area contributed by atoms with Crippen molar-refractivity contribution in [1.82, 2.24) is 28.7 Å². The summed E-state index contributed by atoms with van der Waals surface area (Å²) in [6.45, 7) is 0. The van der Waals surface area contributed by atoms with Crippen LogP contribution in [0.2, 0.25) is 0 Å². The summed E-state index contributed by atoms with van der Waals surface area (Å²) in [5.41, 5.74) is 26.4. The zero-order valence-corrected chi connectivity index (χ0v) is 57.9. The van der Waals surface area contributed by atoms with Crippen molar-refractivity contribution in [3.63, 3.8) is 0 Å². The van der Waals surface area contributed by atoms with E-state index < -0.39 is 0 Å². The number of benzene rings is 16. The highest BCUT2D eigenvalue weighted by atomic mass is 16.3. The van der Waals surface area contributed by atoms with Crippen LogP contribution in [-0.2, 0) is 0 Å². The van der Waals surface area contributed by atoms with E-state index in [2.05, 4.69) is 329 Å². The van der Waals surface area contributed by atoms with Gasteiger partial charge in [-0.15, -0.1) is 0 Å². The number of para-hydroxylation sites is 6. The van der Waals surface area contributed by atoms with Crippen LogP contribution in [0.5, 0.6) is 0 Å². The van der Waals surface area contributed by atoms with Crippen LogP contribution in [-0.4, -0.2) is 28.7 Å². The molecular weight excluding hydrogens is 1320 g/mol. The summed E-state index contributed by atoms with van der Waals surface area (Å²) in [5, 5.41) is 13.7. The molecule has 16 aromatic carbocycles. The lowest BCUT2D eigenvalue weighted by atomic mass is 10.0. The largest absolute Gasteiger partial charge is 0.456 e. The average Bonchev–Trinajstić information content (AvgIpc) is 1.59. The van der Waals surface area contributed by atoms with E-state index in [0.717, 1.165) is 199 Å². The molecule has 0 amide bonds. The van der Waals surface area contributed by atoms with E-state index in [1.54, 1.807) is 0 Å². The van der Waals surface area contributed by atoms with Gasteiger partial charge in [0.2, 0.25) is 0 Å². The van der Waals surface area contributed by atoms with Crippen molar-refractivity contribution in [3.8, 4) is 95.7 Å². The molecule has 9 nitrogen and oxygen atoms in total. The number of hydrogen-bond donors (Lipinski definition) is 0. The maximum atomic E-state index is 6.38. The summed E-state index contributed by atoms with van der Waals surface area (Å²) in [6, 6.07) is 126. The van der Waals surface area contributed by atoms with Gasteiger partial charge in [-0.05, 0) is 190 Å². The Bertz CT molecular complexity index is 7400. The van der Waals surface area contributed by atoms with Gasteiger partial charge < -0.3 is 27.0 Å². The molecule has 108 heavy (non-hydrogen) atoms. The number of rotatable bonds is 10. The number of aromatic nitrogens is 6. The molecule has 0 radical (unpaired) electrons. The second-order valence-electron chi connectivity index (χ2n) is 28.2. The second-order valence-corrected chi connectivity index (χ2v) is 28.2. The summed E-state index contributed by atoms with van der Waals surface area (Å²) in [5.74, 6) is 1.68. The topological polar surface area (TPSA) is 92.9 Å². The van der Waals surface area contributed by atoms with Crippen LogP contribution in [0.4, 0.5) is 0 Å². The first kappa shape index (κ1) is 59.8. The lowest BCUT2D eigenvalue weighted by molar-refractivity contribution is 0.668. The lowest BCUT2D eigenvalue weighted by Gasteiger charge is -2.13. The molecular formula is C99H58N6O3. The molecule has 23 aromatic rings. The fourth-order valence-corrected chi connectivity index (χ4v) is 17.0. The number of nitrogens with zero attached hydrogens (tertiary/aromatic N) is 6. The van der Waals surface area contributed by atoms with Crippen molar-refractivity contribution in [1.29, 1.82) is 0 Å². The zero-order valence-electron chi connectivity index (χ0n) is 57.9. The maximum absolute atomic E-state index is 6.38. The van der Waals surface area contributed by atoms with Gasteiger partial charge in [-0.3, -0.25) is 0 Å². The molecule has 0 unspecified atom stereocenters. The number of fused-ring (bicyclic) bond motifs is 18. The molecule has 0 spiro atoms. The van der Waals surface area contributed by atoms with Crippen molar-refractivity contribution >= 4 is 131 Å². The fraction of sp³-hybridized carbons (Fsp3) is 0. The van der Waals surface area contributed by atoms with Crippen LogP contribution >= 0.6 is 0 Å². The molecule has 9 heteroatoms. The Hall–Kier alpha value is -14.7. The zero-order chi connectivity index (χ0) is 70.7. The van der Waals surface area contributed by atoms with E-state index in [4.69, 9.17) is 28.2 Å². The molecule has 0 atom stereocenters. The molecule has 0 bridgehead atoms. The maximum Gasteiger partial charge on any atom is 0.164 e. The molecule has 23 rings (SSSR count). The average molecular weight is 1380 g/mol. The van der Waals surface area contributed by atoms with E-state index in [1.165, 1.54) is 10.8 Å². The van der Waals surface area contributed by atoms with Gasteiger partial charge >= 0.3 is 0 Å². The van der Waals surface area contributed by atoms with Crippen LogP contribution in [0.15, 0.2) is 365 Å². The fourth-order valence-electron chi connectivity index (χ4n) is 17.0. The highest BCUT2D eigenvalue weighted by Crippen LogP contribution is 2.43. The van der Waals surface area contributed by atoms with Gasteiger partial charge in [0.15, 0.2) is 17.5 Å². The Morgan fingerprint density at radius 2 is 0.435 bits per heavy atom. The Balaban J connectivity index is 0.617. The minimum atomic E-state index is 0.557. The molecule has 502 valence electrons. The number of hydrogen-bond acceptors (Lipinski definition) is 6. The Labute approximate surface area is 616 Å². The SMILES string of the molecule is c1cc(-c2nc(-c3ccc(-c4ccc(-n5c6ccccc6c6cc(-c7ccc8c(c7)oc7ccccc78)ccc65)cc4)cc3)nc(-c3cccc(-n4c5ccccc5c5cc(-c6ccc7c(c6)oc6ccccc67)ccc54)c3)n2)cc(-n2c3ccccc3c3cc(-c4ccc5c(c4)oc4ccccc45)ccc32)c1. The molecule has 0 aliphatic heterocycles. The third-order valence-electron chi connectivity index (χ3n) is 22.1. The van der Waals surface area contributed by atoms with Gasteiger partial charge in [0, 0.05) is 98.4 Å². The molecule has 7 aromatic heterocycles.